The molecule has 0 saturated carbocycles. The van der Waals surface area contributed by atoms with Crippen molar-refractivity contribution in [1.82, 2.24) is 14.5 Å². The highest BCUT2D eigenvalue weighted by Gasteiger charge is 2.28. The lowest BCUT2D eigenvalue weighted by atomic mass is 10.1. The van der Waals surface area contributed by atoms with Gasteiger partial charge in [0.05, 0.1) is 44.0 Å². The molecular formula is C27H32FN3O6S. The van der Waals surface area contributed by atoms with E-state index in [0.717, 1.165) is 12.8 Å². The van der Waals surface area contributed by atoms with Crippen LogP contribution in [0, 0.1) is 5.82 Å². The van der Waals surface area contributed by atoms with Crippen LogP contribution in [-0.2, 0) is 38.2 Å². The van der Waals surface area contributed by atoms with Crippen LogP contribution in [0.5, 0.6) is 5.75 Å². The molecule has 1 amide bonds. The number of benzene rings is 2. The summed E-state index contributed by atoms with van der Waals surface area (Å²) in [5, 5.41) is -0.109. The summed E-state index contributed by atoms with van der Waals surface area (Å²) in [6.45, 7) is 1.44. The van der Waals surface area contributed by atoms with Gasteiger partial charge < -0.3 is 23.7 Å². The minimum atomic E-state index is -3.85. The number of halogens is 1. The van der Waals surface area contributed by atoms with Gasteiger partial charge >= 0.3 is 0 Å². The van der Waals surface area contributed by atoms with Gasteiger partial charge in [-0.05, 0) is 48.7 Å². The Morgan fingerprint density at radius 3 is 2.74 bits per heavy atom. The second-order valence-corrected chi connectivity index (χ2v) is 11.0. The molecule has 11 heteroatoms. The molecule has 1 aromatic heterocycles. The molecule has 2 heterocycles. The summed E-state index contributed by atoms with van der Waals surface area (Å²) in [7, 11) is -0.807. The summed E-state index contributed by atoms with van der Waals surface area (Å²) in [4.78, 5) is 19.3. The van der Waals surface area contributed by atoms with E-state index in [-0.39, 0.29) is 54.7 Å². The zero-order chi connectivity index (χ0) is 27.1. The number of amides is 1. The summed E-state index contributed by atoms with van der Waals surface area (Å²) in [6.07, 6.45) is 3.01. The fraction of sp³-hybridized carbons (Fsp3) is 0.407. The molecule has 3 aromatic rings. The van der Waals surface area contributed by atoms with Gasteiger partial charge in [-0.25, -0.2) is 17.8 Å². The molecular weight excluding hydrogens is 513 g/mol. The standard InChI is InChI=1S/C27H32FN3O6S/c1-35-13-11-31-23(16-29-27(31)38(33,34)19-20-6-3-9-24(14-20)36-2)17-30(18-25-10-5-12-37-25)26(32)21-7-4-8-22(28)15-21/h3-4,6-9,14-16,25H,5,10-13,17-19H2,1-2H3/t25-/m0/s1. The monoisotopic (exact) mass is 545 g/mol. The molecule has 38 heavy (non-hydrogen) atoms. The van der Waals surface area contributed by atoms with Crippen LogP contribution in [-0.4, -0.2) is 68.9 Å². The summed E-state index contributed by atoms with van der Waals surface area (Å²) < 4.78 is 58.6. The molecule has 1 atom stereocenters. The lowest BCUT2D eigenvalue weighted by Crippen LogP contribution is -2.37. The molecule has 2 aromatic carbocycles. The van der Waals surface area contributed by atoms with Gasteiger partial charge in [0, 0.05) is 32.4 Å². The molecule has 1 saturated heterocycles. The van der Waals surface area contributed by atoms with Crippen LogP contribution in [0.2, 0.25) is 0 Å². The van der Waals surface area contributed by atoms with Crippen LogP contribution in [0.3, 0.4) is 0 Å². The van der Waals surface area contributed by atoms with Gasteiger partial charge in [0.25, 0.3) is 5.91 Å². The molecule has 1 aliphatic rings. The number of hydrogen-bond acceptors (Lipinski definition) is 7. The number of aromatic nitrogens is 2. The molecule has 0 aliphatic carbocycles. The van der Waals surface area contributed by atoms with Crippen molar-refractivity contribution in [1.29, 1.82) is 0 Å². The van der Waals surface area contributed by atoms with Crippen molar-refractivity contribution >= 4 is 15.7 Å². The van der Waals surface area contributed by atoms with Crippen LogP contribution in [0.15, 0.2) is 59.9 Å². The SMILES string of the molecule is COCCn1c(CN(C[C@@H]2CCCO2)C(=O)c2cccc(F)c2)cnc1S(=O)(=O)Cc1cccc(OC)c1. The Morgan fingerprint density at radius 2 is 2.03 bits per heavy atom. The number of nitrogens with zero attached hydrogens (tertiary/aromatic N) is 3. The van der Waals surface area contributed by atoms with Crippen LogP contribution in [0.1, 0.15) is 34.5 Å². The predicted molar refractivity (Wildman–Crippen MR) is 138 cm³/mol. The fourth-order valence-electron chi connectivity index (χ4n) is 4.49. The van der Waals surface area contributed by atoms with Crippen molar-refractivity contribution in [3.05, 3.63) is 77.4 Å². The Hall–Kier alpha value is -3.28. The molecule has 0 N–H and O–H groups in total. The van der Waals surface area contributed by atoms with E-state index in [9.17, 15) is 17.6 Å². The number of rotatable bonds is 12. The minimum Gasteiger partial charge on any atom is -0.497 e. The quantitative estimate of drug-likeness (QED) is 0.344. The summed E-state index contributed by atoms with van der Waals surface area (Å²) in [5.41, 5.74) is 1.29. The Morgan fingerprint density at radius 1 is 1.21 bits per heavy atom. The molecule has 9 nitrogen and oxygen atoms in total. The first-order valence-corrected chi connectivity index (χ1v) is 14.0. The average Bonchev–Trinajstić information content (AvgIpc) is 3.57. The van der Waals surface area contributed by atoms with Gasteiger partial charge in [0.2, 0.25) is 15.0 Å². The van der Waals surface area contributed by atoms with Gasteiger partial charge in [-0.2, -0.15) is 0 Å². The van der Waals surface area contributed by atoms with Crippen LogP contribution in [0.4, 0.5) is 4.39 Å². The number of carbonyl (C=O) groups is 1. The lowest BCUT2D eigenvalue weighted by Gasteiger charge is -2.26. The largest absolute Gasteiger partial charge is 0.497 e. The minimum absolute atomic E-state index is 0.0700. The van der Waals surface area contributed by atoms with Crippen LogP contribution in [0.25, 0.3) is 0 Å². The van der Waals surface area contributed by atoms with Crippen molar-refractivity contribution in [2.75, 3.05) is 34.0 Å². The zero-order valence-corrected chi connectivity index (χ0v) is 22.3. The maximum Gasteiger partial charge on any atom is 0.254 e. The third kappa shape index (κ3) is 6.77. The highest BCUT2D eigenvalue weighted by molar-refractivity contribution is 7.90. The number of methoxy groups -OCH3 is 2. The van der Waals surface area contributed by atoms with Crippen LogP contribution >= 0.6 is 0 Å². The molecule has 0 bridgehead atoms. The number of ether oxygens (including phenoxy) is 3. The van der Waals surface area contributed by atoms with Gasteiger partial charge in [-0.1, -0.05) is 18.2 Å². The second-order valence-electron chi connectivity index (χ2n) is 9.12. The third-order valence-corrected chi connectivity index (χ3v) is 7.94. The van der Waals surface area contributed by atoms with E-state index < -0.39 is 15.7 Å². The van der Waals surface area contributed by atoms with Crippen LogP contribution < -0.4 is 4.74 Å². The maximum atomic E-state index is 13.9. The molecule has 1 aliphatic heterocycles. The van der Waals surface area contributed by atoms with Crippen molar-refractivity contribution in [3.63, 3.8) is 0 Å². The summed E-state index contributed by atoms with van der Waals surface area (Å²) >= 11 is 0. The topological polar surface area (TPSA) is 100.0 Å². The molecule has 1 fully saturated rings. The van der Waals surface area contributed by atoms with Gasteiger partial charge in [-0.15, -0.1) is 0 Å². The molecule has 0 unspecified atom stereocenters. The van der Waals surface area contributed by atoms with Gasteiger partial charge in [0.15, 0.2) is 0 Å². The van der Waals surface area contributed by atoms with E-state index in [2.05, 4.69) is 4.98 Å². The van der Waals surface area contributed by atoms with Gasteiger partial charge in [-0.3, -0.25) is 4.79 Å². The lowest BCUT2D eigenvalue weighted by molar-refractivity contribution is 0.0500. The van der Waals surface area contributed by atoms with E-state index in [1.165, 1.54) is 38.6 Å². The number of sulfone groups is 1. The predicted octanol–water partition coefficient (Wildman–Crippen LogP) is 3.47. The number of imidazole rings is 1. The Bertz CT molecular complexity index is 1350. The van der Waals surface area contributed by atoms with Crippen molar-refractivity contribution in [2.45, 2.75) is 42.9 Å². The first-order valence-electron chi connectivity index (χ1n) is 12.4. The van der Waals surface area contributed by atoms with Crippen molar-refractivity contribution < 1.29 is 31.8 Å². The van der Waals surface area contributed by atoms with Crippen molar-refractivity contribution in [2.24, 2.45) is 0 Å². The molecule has 0 radical (unpaired) electrons. The fourth-order valence-corrected chi connectivity index (χ4v) is 5.99. The van der Waals surface area contributed by atoms with E-state index in [1.54, 1.807) is 39.8 Å². The highest BCUT2D eigenvalue weighted by atomic mass is 32.2. The highest BCUT2D eigenvalue weighted by Crippen LogP contribution is 2.23. The van der Waals surface area contributed by atoms with E-state index >= 15 is 0 Å². The van der Waals surface area contributed by atoms with E-state index in [4.69, 9.17) is 14.2 Å². The van der Waals surface area contributed by atoms with Crippen molar-refractivity contribution in [3.8, 4) is 5.75 Å². The summed E-state index contributed by atoms with van der Waals surface area (Å²) in [5.74, 6) is -0.596. The number of hydrogen-bond donors (Lipinski definition) is 0. The first kappa shape index (κ1) is 27.7. The smallest absolute Gasteiger partial charge is 0.254 e. The Kier molecular flexibility index (Phi) is 9.13. The molecule has 0 spiro atoms. The first-order chi connectivity index (χ1) is 18.3. The molecule has 4 rings (SSSR count). The summed E-state index contributed by atoms with van der Waals surface area (Å²) in [6, 6.07) is 12.4. The third-order valence-electron chi connectivity index (χ3n) is 6.35. The Balaban J connectivity index is 1.65. The zero-order valence-electron chi connectivity index (χ0n) is 21.5. The number of carbonyl (C=O) groups excluding carboxylic acids is 1. The normalized spacial score (nSPS) is 15.5. The van der Waals surface area contributed by atoms with E-state index in [0.29, 0.717) is 23.6 Å². The average molecular weight is 546 g/mol. The molecule has 204 valence electrons. The van der Waals surface area contributed by atoms with Gasteiger partial charge in [0.1, 0.15) is 11.6 Å². The van der Waals surface area contributed by atoms with E-state index in [1.807, 2.05) is 0 Å². The second kappa shape index (κ2) is 12.5. The Labute approximate surface area is 222 Å². The maximum absolute atomic E-state index is 13.9.